The number of hydrogen-bond acceptors (Lipinski definition) is 6. The standard InChI is InChI=1S/C16H34S2.C6H12N2S4/c1-5-9-11-15(7-3)13-17-18-14-16(8-4)12-10-6-2;1-7(2)5(9)11-12-6(10)8(3)4/h15-16H,5-14H2,1-4H3;1-4H3. The first-order valence-corrected chi connectivity index (χ1v) is 16.7. The Hall–Kier alpha value is 1.18. The molecule has 2 unspecified atom stereocenters. The monoisotopic (exact) mass is 530 g/mol. The molecule has 0 fully saturated rings. The van der Waals surface area contributed by atoms with Crippen LogP contribution in [-0.2, 0) is 0 Å². The van der Waals surface area contributed by atoms with E-state index in [0.717, 1.165) is 20.5 Å². The molecule has 0 aliphatic heterocycles. The van der Waals surface area contributed by atoms with Crippen LogP contribution in [0.5, 0.6) is 0 Å². The van der Waals surface area contributed by atoms with Crippen molar-refractivity contribution in [3.63, 3.8) is 0 Å². The highest BCUT2D eigenvalue weighted by atomic mass is 33.1. The van der Waals surface area contributed by atoms with Gasteiger partial charge in [-0.05, 0) is 46.3 Å². The third kappa shape index (κ3) is 21.0. The van der Waals surface area contributed by atoms with Crippen LogP contribution in [-0.4, -0.2) is 58.1 Å². The highest BCUT2D eigenvalue weighted by molar-refractivity contribution is 8.89. The molecule has 0 aromatic rings. The van der Waals surface area contributed by atoms with Gasteiger partial charge in [0.2, 0.25) is 0 Å². The second-order valence-electron chi connectivity index (χ2n) is 7.89. The maximum Gasteiger partial charge on any atom is 0.146 e. The Kier molecular flexibility index (Phi) is 26.0. The first-order chi connectivity index (χ1) is 14.2. The molecule has 8 heteroatoms. The molecule has 0 aliphatic rings. The number of nitrogens with zero attached hydrogens (tertiary/aromatic N) is 2. The normalized spacial score (nSPS) is 12.5. The zero-order valence-electron chi connectivity index (χ0n) is 20.6. The minimum atomic E-state index is 0.837. The lowest BCUT2D eigenvalue weighted by molar-refractivity contribution is 0.499. The quantitative estimate of drug-likeness (QED) is 0.131. The molecule has 0 N–H and O–H groups in total. The molecular weight excluding hydrogens is 485 g/mol. The van der Waals surface area contributed by atoms with Crippen LogP contribution in [0, 0.1) is 11.8 Å². The van der Waals surface area contributed by atoms with Crippen LogP contribution in [0.2, 0.25) is 0 Å². The van der Waals surface area contributed by atoms with Gasteiger partial charge in [0.05, 0.1) is 0 Å². The first kappa shape index (κ1) is 33.4. The summed E-state index contributed by atoms with van der Waals surface area (Å²) in [4.78, 5) is 3.79. The summed E-state index contributed by atoms with van der Waals surface area (Å²) in [6.45, 7) is 9.30. The minimum absolute atomic E-state index is 0.837. The number of rotatable bonds is 13. The molecule has 0 bridgehead atoms. The van der Waals surface area contributed by atoms with Gasteiger partial charge >= 0.3 is 0 Å². The zero-order valence-corrected chi connectivity index (χ0v) is 25.5. The van der Waals surface area contributed by atoms with Crippen molar-refractivity contribution in [2.45, 2.75) is 79.1 Å². The van der Waals surface area contributed by atoms with E-state index in [1.807, 2.05) is 38.0 Å². The smallest absolute Gasteiger partial charge is 0.146 e. The van der Waals surface area contributed by atoms with E-state index >= 15 is 0 Å². The summed E-state index contributed by atoms with van der Waals surface area (Å²) in [6.07, 6.45) is 11.1. The fourth-order valence-electron chi connectivity index (χ4n) is 2.31. The van der Waals surface area contributed by atoms with Crippen LogP contribution in [0.1, 0.15) is 79.1 Å². The van der Waals surface area contributed by atoms with Gasteiger partial charge in [0.15, 0.2) is 0 Å². The van der Waals surface area contributed by atoms with E-state index in [4.69, 9.17) is 24.4 Å². The van der Waals surface area contributed by atoms with E-state index in [1.165, 1.54) is 84.5 Å². The Morgan fingerprint density at radius 3 is 1.23 bits per heavy atom. The van der Waals surface area contributed by atoms with Gasteiger partial charge in [0.25, 0.3) is 0 Å². The fraction of sp³-hybridized carbons (Fsp3) is 0.909. The van der Waals surface area contributed by atoms with Crippen LogP contribution in [0.4, 0.5) is 0 Å². The van der Waals surface area contributed by atoms with Crippen molar-refractivity contribution in [2.24, 2.45) is 11.8 Å². The van der Waals surface area contributed by atoms with Gasteiger partial charge in [-0.3, -0.25) is 0 Å². The van der Waals surface area contributed by atoms with Gasteiger partial charge < -0.3 is 9.80 Å². The van der Waals surface area contributed by atoms with Gasteiger partial charge in [-0.15, -0.1) is 0 Å². The second-order valence-corrected chi connectivity index (χ2v) is 13.8. The van der Waals surface area contributed by atoms with Gasteiger partial charge in [-0.1, -0.05) is 112 Å². The molecule has 0 saturated carbocycles. The zero-order chi connectivity index (χ0) is 23.4. The maximum absolute atomic E-state index is 5.07. The average molecular weight is 531 g/mol. The maximum atomic E-state index is 5.07. The molecule has 2 nitrogen and oxygen atoms in total. The molecule has 2 atom stereocenters. The third-order valence-electron chi connectivity index (χ3n) is 4.69. The largest absolute Gasteiger partial charge is 0.363 e. The van der Waals surface area contributed by atoms with E-state index < -0.39 is 0 Å². The van der Waals surface area contributed by atoms with Crippen LogP contribution < -0.4 is 0 Å². The van der Waals surface area contributed by atoms with E-state index in [9.17, 15) is 0 Å². The second kappa shape index (κ2) is 23.3. The molecule has 0 rings (SSSR count). The Morgan fingerprint density at radius 2 is 1.00 bits per heavy atom. The molecule has 0 spiro atoms. The Labute approximate surface area is 215 Å². The number of thiocarbonyl (C=S) groups is 2. The van der Waals surface area contributed by atoms with Crippen LogP contribution in [0.25, 0.3) is 0 Å². The molecule has 0 aromatic heterocycles. The van der Waals surface area contributed by atoms with Crippen LogP contribution >= 0.6 is 67.6 Å². The Balaban J connectivity index is 0. The molecule has 0 aliphatic carbocycles. The van der Waals surface area contributed by atoms with Gasteiger partial charge in [-0.25, -0.2) is 0 Å². The molecule has 180 valence electrons. The van der Waals surface area contributed by atoms with Crippen molar-refractivity contribution in [2.75, 3.05) is 39.7 Å². The first-order valence-electron chi connectivity index (χ1n) is 11.2. The summed E-state index contributed by atoms with van der Waals surface area (Å²) in [5.74, 6) is 4.65. The lowest BCUT2D eigenvalue weighted by Crippen LogP contribution is -2.18. The van der Waals surface area contributed by atoms with Crippen molar-refractivity contribution in [1.82, 2.24) is 9.80 Å². The lowest BCUT2D eigenvalue weighted by Gasteiger charge is -2.16. The Morgan fingerprint density at radius 1 is 0.667 bits per heavy atom. The van der Waals surface area contributed by atoms with E-state index in [1.54, 1.807) is 0 Å². The molecule has 0 aromatic carbocycles. The van der Waals surface area contributed by atoms with Crippen molar-refractivity contribution < 1.29 is 0 Å². The average Bonchev–Trinajstić information content (AvgIpc) is 2.73. The van der Waals surface area contributed by atoms with Gasteiger partial charge in [-0.2, -0.15) is 0 Å². The summed E-state index contributed by atoms with van der Waals surface area (Å²) < 4.78 is 1.67. The van der Waals surface area contributed by atoms with E-state index in [2.05, 4.69) is 49.3 Å². The van der Waals surface area contributed by atoms with Crippen LogP contribution in [0.15, 0.2) is 0 Å². The molecule has 0 amide bonds. The summed E-state index contributed by atoms with van der Waals surface area (Å²) in [7, 11) is 15.0. The van der Waals surface area contributed by atoms with E-state index in [0.29, 0.717) is 0 Å². The number of unbranched alkanes of at least 4 members (excludes halogenated alkanes) is 2. The molecule has 0 radical (unpaired) electrons. The highest BCUT2D eigenvalue weighted by Gasteiger charge is 2.09. The summed E-state index contributed by atoms with van der Waals surface area (Å²) in [5, 5.41) is 0. The van der Waals surface area contributed by atoms with Crippen molar-refractivity contribution >= 4 is 76.3 Å². The SMILES string of the molecule is CCCCC(CC)CSSCC(CC)CCCC.CN(C)C(=S)SSC(=S)N(C)C. The highest BCUT2D eigenvalue weighted by Crippen LogP contribution is 2.31. The summed E-state index contributed by atoms with van der Waals surface area (Å²) in [5.41, 5.74) is 0. The van der Waals surface area contributed by atoms with Gasteiger partial charge in [0.1, 0.15) is 8.64 Å². The van der Waals surface area contributed by atoms with E-state index in [-0.39, 0.29) is 0 Å². The summed E-state index contributed by atoms with van der Waals surface area (Å²) in [6, 6.07) is 0. The van der Waals surface area contributed by atoms with Crippen molar-refractivity contribution in [3.8, 4) is 0 Å². The minimum Gasteiger partial charge on any atom is -0.363 e. The fourth-order valence-corrected chi connectivity index (χ4v) is 7.79. The molecule has 30 heavy (non-hydrogen) atoms. The summed E-state index contributed by atoms with van der Waals surface area (Å²) >= 11 is 10.1. The third-order valence-corrected chi connectivity index (χ3v) is 11.5. The van der Waals surface area contributed by atoms with Crippen molar-refractivity contribution in [1.29, 1.82) is 0 Å². The molecular formula is C22H46N2S6. The predicted molar refractivity (Wildman–Crippen MR) is 159 cm³/mol. The van der Waals surface area contributed by atoms with Crippen molar-refractivity contribution in [3.05, 3.63) is 0 Å². The van der Waals surface area contributed by atoms with Crippen LogP contribution in [0.3, 0.4) is 0 Å². The topological polar surface area (TPSA) is 6.48 Å². The van der Waals surface area contributed by atoms with Gasteiger partial charge in [0, 0.05) is 39.7 Å². The lowest BCUT2D eigenvalue weighted by atomic mass is 10.0. The predicted octanol–water partition coefficient (Wildman–Crippen LogP) is 8.86. The molecule has 0 heterocycles. The Bertz CT molecular complexity index is 380. The number of hydrogen-bond donors (Lipinski definition) is 0. The molecule has 0 saturated heterocycles.